The van der Waals surface area contributed by atoms with Crippen molar-refractivity contribution in [1.29, 1.82) is 0 Å². The van der Waals surface area contributed by atoms with E-state index in [0.717, 1.165) is 36.9 Å². The predicted molar refractivity (Wildman–Crippen MR) is 92.4 cm³/mol. The SMILES string of the molecule is O=C(O)C(F)(F)F.O=C1[C@H]2CN(Cc3nccs3)C[C@H]2CN1c1cncnc1. The number of hydrogen-bond donors (Lipinski definition) is 1. The maximum absolute atomic E-state index is 12.6. The second-order valence-corrected chi connectivity index (χ2v) is 7.31. The number of halogens is 3. The third-order valence-corrected chi connectivity index (χ3v) is 5.22. The first-order valence-electron chi connectivity index (χ1n) is 8.23. The van der Waals surface area contributed by atoms with Crippen LogP contribution in [0, 0.1) is 11.8 Å². The average Bonchev–Trinajstić information content (AvgIpc) is 3.35. The number of rotatable bonds is 3. The van der Waals surface area contributed by atoms with Crippen LogP contribution in [0.5, 0.6) is 0 Å². The lowest BCUT2D eigenvalue weighted by molar-refractivity contribution is -0.192. The van der Waals surface area contributed by atoms with Crippen molar-refractivity contribution in [2.75, 3.05) is 24.5 Å². The van der Waals surface area contributed by atoms with Gasteiger partial charge in [0, 0.05) is 37.1 Å². The molecular formula is C16H16F3N5O3S. The van der Waals surface area contributed by atoms with Gasteiger partial charge in [-0.05, 0) is 0 Å². The highest BCUT2D eigenvalue weighted by Crippen LogP contribution is 2.35. The second kappa shape index (κ2) is 8.19. The molecule has 4 rings (SSSR count). The van der Waals surface area contributed by atoms with E-state index in [1.807, 2.05) is 16.5 Å². The van der Waals surface area contributed by atoms with Crippen molar-refractivity contribution in [3.8, 4) is 0 Å². The first-order valence-corrected chi connectivity index (χ1v) is 9.11. The highest BCUT2D eigenvalue weighted by molar-refractivity contribution is 7.09. The number of alkyl halides is 3. The molecular weight excluding hydrogens is 399 g/mol. The zero-order valence-electron chi connectivity index (χ0n) is 14.4. The van der Waals surface area contributed by atoms with Gasteiger partial charge in [-0.1, -0.05) is 0 Å². The fourth-order valence-electron chi connectivity index (χ4n) is 3.26. The summed E-state index contributed by atoms with van der Waals surface area (Å²) in [6.45, 7) is 3.41. The molecule has 0 unspecified atom stereocenters. The third kappa shape index (κ3) is 4.62. The maximum Gasteiger partial charge on any atom is 0.490 e. The molecule has 0 bridgehead atoms. The molecule has 1 amide bonds. The Hall–Kier alpha value is -2.60. The average molecular weight is 415 g/mol. The lowest BCUT2D eigenvalue weighted by Gasteiger charge is -2.20. The van der Waals surface area contributed by atoms with Crippen molar-refractivity contribution in [3.63, 3.8) is 0 Å². The van der Waals surface area contributed by atoms with Gasteiger partial charge in [0.1, 0.15) is 11.3 Å². The van der Waals surface area contributed by atoms with Crippen LogP contribution in [0.3, 0.4) is 0 Å². The smallest absolute Gasteiger partial charge is 0.475 e. The molecule has 0 spiro atoms. The summed E-state index contributed by atoms with van der Waals surface area (Å²) in [6.07, 6.45) is 1.65. The molecule has 2 aliphatic rings. The van der Waals surface area contributed by atoms with E-state index in [1.165, 1.54) is 6.33 Å². The number of hydrogen-bond acceptors (Lipinski definition) is 7. The molecule has 2 aliphatic heterocycles. The molecule has 28 heavy (non-hydrogen) atoms. The van der Waals surface area contributed by atoms with E-state index in [4.69, 9.17) is 9.90 Å². The number of carbonyl (C=O) groups excluding carboxylic acids is 1. The van der Waals surface area contributed by atoms with Gasteiger partial charge in [0.2, 0.25) is 5.91 Å². The number of anilines is 1. The van der Waals surface area contributed by atoms with Crippen LogP contribution < -0.4 is 4.90 Å². The summed E-state index contributed by atoms with van der Waals surface area (Å²) in [4.78, 5) is 38.0. The number of carbonyl (C=O) groups is 2. The number of aromatic nitrogens is 3. The van der Waals surface area contributed by atoms with Crippen molar-refractivity contribution in [3.05, 3.63) is 35.3 Å². The van der Waals surface area contributed by atoms with E-state index in [1.54, 1.807) is 23.7 Å². The van der Waals surface area contributed by atoms with Crippen molar-refractivity contribution < 1.29 is 27.9 Å². The van der Waals surface area contributed by atoms with E-state index in [0.29, 0.717) is 5.92 Å². The molecule has 2 aromatic rings. The molecule has 2 atom stereocenters. The van der Waals surface area contributed by atoms with E-state index in [2.05, 4.69) is 19.9 Å². The molecule has 0 saturated carbocycles. The highest BCUT2D eigenvalue weighted by Gasteiger charge is 2.46. The molecule has 12 heteroatoms. The topological polar surface area (TPSA) is 99.5 Å². The molecule has 4 heterocycles. The number of thiazole rings is 1. The van der Waals surface area contributed by atoms with Gasteiger partial charge >= 0.3 is 12.1 Å². The van der Waals surface area contributed by atoms with Gasteiger partial charge in [-0.25, -0.2) is 19.7 Å². The molecule has 2 aromatic heterocycles. The van der Waals surface area contributed by atoms with Crippen LogP contribution in [-0.2, 0) is 16.1 Å². The second-order valence-electron chi connectivity index (χ2n) is 6.33. The van der Waals surface area contributed by atoms with Crippen LogP contribution in [0.2, 0.25) is 0 Å². The zero-order chi connectivity index (χ0) is 20.3. The molecule has 0 radical (unpaired) electrons. The Morgan fingerprint density at radius 1 is 1.25 bits per heavy atom. The number of aliphatic carboxylic acids is 1. The van der Waals surface area contributed by atoms with Crippen LogP contribution in [-0.4, -0.2) is 62.6 Å². The van der Waals surface area contributed by atoms with Crippen molar-refractivity contribution in [2.24, 2.45) is 11.8 Å². The van der Waals surface area contributed by atoms with Gasteiger partial charge in [0.05, 0.1) is 30.5 Å². The van der Waals surface area contributed by atoms with Crippen molar-refractivity contribution in [2.45, 2.75) is 12.7 Å². The van der Waals surface area contributed by atoms with Crippen molar-refractivity contribution >= 4 is 28.9 Å². The van der Waals surface area contributed by atoms with Gasteiger partial charge in [-0.2, -0.15) is 13.2 Å². The third-order valence-electron chi connectivity index (χ3n) is 4.46. The maximum atomic E-state index is 12.6. The van der Waals surface area contributed by atoms with Crippen LogP contribution in [0.4, 0.5) is 18.9 Å². The number of fused-ring (bicyclic) bond motifs is 1. The summed E-state index contributed by atoms with van der Waals surface area (Å²) in [6, 6.07) is 0. The summed E-state index contributed by atoms with van der Waals surface area (Å²) in [7, 11) is 0. The van der Waals surface area contributed by atoms with Crippen LogP contribution in [0.25, 0.3) is 0 Å². The summed E-state index contributed by atoms with van der Waals surface area (Å²) in [5.74, 6) is -2.05. The summed E-state index contributed by atoms with van der Waals surface area (Å²) in [5.41, 5.74) is 0.809. The number of carboxylic acid groups (broad SMARTS) is 1. The monoisotopic (exact) mass is 415 g/mol. The Bertz CT molecular complexity index is 819. The minimum atomic E-state index is -5.08. The first-order chi connectivity index (χ1) is 13.3. The summed E-state index contributed by atoms with van der Waals surface area (Å²) >= 11 is 1.67. The molecule has 150 valence electrons. The van der Waals surface area contributed by atoms with E-state index in [9.17, 15) is 18.0 Å². The van der Waals surface area contributed by atoms with Gasteiger partial charge < -0.3 is 10.0 Å². The number of carboxylic acids is 1. The van der Waals surface area contributed by atoms with Gasteiger partial charge in [-0.3, -0.25) is 9.69 Å². The molecule has 0 aliphatic carbocycles. The number of nitrogens with zero attached hydrogens (tertiary/aromatic N) is 5. The van der Waals surface area contributed by atoms with E-state index >= 15 is 0 Å². The summed E-state index contributed by atoms with van der Waals surface area (Å²) < 4.78 is 31.7. The van der Waals surface area contributed by atoms with Gasteiger partial charge in [0.15, 0.2) is 0 Å². The Morgan fingerprint density at radius 3 is 2.46 bits per heavy atom. The fourth-order valence-corrected chi connectivity index (χ4v) is 3.92. The fraction of sp³-hybridized carbons (Fsp3) is 0.438. The van der Waals surface area contributed by atoms with E-state index < -0.39 is 12.1 Å². The van der Waals surface area contributed by atoms with Crippen LogP contribution in [0.1, 0.15) is 5.01 Å². The normalized spacial score (nSPS) is 22.0. The zero-order valence-corrected chi connectivity index (χ0v) is 15.2. The van der Waals surface area contributed by atoms with Crippen LogP contribution >= 0.6 is 11.3 Å². The molecule has 2 fully saturated rings. The predicted octanol–water partition coefficient (Wildman–Crippen LogP) is 1.66. The molecule has 1 N–H and O–H groups in total. The highest BCUT2D eigenvalue weighted by atomic mass is 32.1. The standard InChI is InChI=1S/C14H15N5OS.C2HF3O2/c20-14-12-7-18(8-13-17-1-2-21-13)5-10(12)6-19(14)11-3-15-9-16-4-11;3-2(4,5)1(6)7/h1-4,9-10,12H,5-8H2;(H,6,7)/t10-,12-;/m0./s1. The largest absolute Gasteiger partial charge is 0.490 e. The number of amides is 1. The first kappa shape index (κ1) is 20.1. The quantitative estimate of drug-likeness (QED) is 0.814. The molecule has 8 nitrogen and oxygen atoms in total. The Morgan fingerprint density at radius 2 is 1.93 bits per heavy atom. The Kier molecular flexibility index (Phi) is 5.89. The molecule has 2 saturated heterocycles. The minimum Gasteiger partial charge on any atom is -0.475 e. The Balaban J connectivity index is 0.000000279. The Labute approximate surface area is 161 Å². The molecule has 0 aromatic carbocycles. The van der Waals surface area contributed by atoms with Gasteiger partial charge in [0.25, 0.3) is 0 Å². The van der Waals surface area contributed by atoms with Gasteiger partial charge in [-0.15, -0.1) is 11.3 Å². The lowest BCUT2D eigenvalue weighted by Crippen LogP contribution is -2.32. The minimum absolute atomic E-state index is 0.102. The van der Waals surface area contributed by atoms with E-state index in [-0.39, 0.29) is 11.8 Å². The summed E-state index contributed by atoms with van der Waals surface area (Å²) in [5, 5.41) is 10.2. The van der Waals surface area contributed by atoms with Crippen molar-refractivity contribution in [1.82, 2.24) is 19.9 Å². The van der Waals surface area contributed by atoms with Crippen LogP contribution in [0.15, 0.2) is 30.3 Å². The number of likely N-dealkylation sites (tertiary alicyclic amines) is 1. The lowest BCUT2D eigenvalue weighted by atomic mass is 10.0.